The number of methoxy groups -OCH3 is 1. The molecule has 1 N–H and O–H groups in total. The smallest absolute Gasteiger partial charge is 0.219 e. The highest BCUT2D eigenvalue weighted by Gasteiger charge is 2.22. The zero-order valence-corrected chi connectivity index (χ0v) is 15.0. The molecule has 1 atom stereocenters. The van der Waals surface area contributed by atoms with Gasteiger partial charge in [-0.1, -0.05) is 6.07 Å². The van der Waals surface area contributed by atoms with Crippen molar-refractivity contribution < 1.29 is 9.53 Å². The van der Waals surface area contributed by atoms with Gasteiger partial charge in [0, 0.05) is 26.1 Å². The van der Waals surface area contributed by atoms with Crippen LogP contribution in [0.4, 0.5) is 0 Å². The lowest BCUT2D eigenvalue weighted by Crippen LogP contribution is -2.39. The molecule has 132 valence electrons. The van der Waals surface area contributed by atoms with Gasteiger partial charge in [-0.05, 0) is 74.2 Å². The van der Waals surface area contributed by atoms with E-state index in [4.69, 9.17) is 4.74 Å². The average molecular weight is 330 g/mol. The van der Waals surface area contributed by atoms with Crippen molar-refractivity contribution in [1.29, 1.82) is 0 Å². The van der Waals surface area contributed by atoms with E-state index in [1.807, 2.05) is 4.90 Å². The summed E-state index contributed by atoms with van der Waals surface area (Å²) in [7, 11) is 1.73. The van der Waals surface area contributed by atoms with Gasteiger partial charge in [-0.3, -0.25) is 4.79 Å². The molecule has 1 heterocycles. The van der Waals surface area contributed by atoms with Crippen LogP contribution in [0.2, 0.25) is 0 Å². The molecule has 0 saturated carbocycles. The van der Waals surface area contributed by atoms with Crippen LogP contribution in [0, 0.1) is 5.92 Å². The van der Waals surface area contributed by atoms with E-state index in [1.165, 1.54) is 24.0 Å². The predicted octanol–water partition coefficient (Wildman–Crippen LogP) is 2.79. The first kappa shape index (κ1) is 17.3. The molecule has 1 fully saturated rings. The minimum Gasteiger partial charge on any atom is -0.497 e. The Balaban J connectivity index is 1.41. The van der Waals surface area contributed by atoms with Gasteiger partial charge >= 0.3 is 0 Å². The second-order valence-corrected chi connectivity index (χ2v) is 7.27. The molecular formula is C20H30N2O2. The number of aryl methyl sites for hydroxylation is 1. The SMILES string of the molecule is COc1ccc2c(c1)CC(NCCC1CCN(C(C)=O)CC1)CC2. The lowest BCUT2D eigenvalue weighted by Gasteiger charge is -2.32. The third-order valence-electron chi connectivity index (χ3n) is 5.69. The molecule has 1 aliphatic heterocycles. The second-order valence-electron chi connectivity index (χ2n) is 7.27. The maximum Gasteiger partial charge on any atom is 0.219 e. The molecule has 4 nitrogen and oxygen atoms in total. The molecule has 1 amide bonds. The van der Waals surface area contributed by atoms with Crippen molar-refractivity contribution in [2.45, 2.75) is 51.5 Å². The number of hydrogen-bond acceptors (Lipinski definition) is 3. The van der Waals surface area contributed by atoms with E-state index in [0.29, 0.717) is 6.04 Å². The molecule has 3 rings (SSSR count). The second kappa shape index (κ2) is 8.02. The van der Waals surface area contributed by atoms with E-state index in [2.05, 4.69) is 23.5 Å². The van der Waals surface area contributed by atoms with Crippen LogP contribution in [-0.2, 0) is 17.6 Å². The number of carbonyl (C=O) groups excluding carboxylic acids is 1. The monoisotopic (exact) mass is 330 g/mol. The quantitative estimate of drug-likeness (QED) is 0.903. The van der Waals surface area contributed by atoms with Crippen molar-refractivity contribution in [1.82, 2.24) is 10.2 Å². The first-order chi connectivity index (χ1) is 11.7. The largest absolute Gasteiger partial charge is 0.497 e. The summed E-state index contributed by atoms with van der Waals surface area (Å²) >= 11 is 0. The molecule has 1 unspecified atom stereocenters. The Kier molecular flexibility index (Phi) is 5.77. The first-order valence-corrected chi connectivity index (χ1v) is 9.30. The molecule has 0 radical (unpaired) electrons. The number of amides is 1. The lowest BCUT2D eigenvalue weighted by molar-refractivity contribution is -0.130. The van der Waals surface area contributed by atoms with E-state index in [9.17, 15) is 4.79 Å². The number of piperidine rings is 1. The van der Waals surface area contributed by atoms with Crippen molar-refractivity contribution >= 4 is 5.91 Å². The van der Waals surface area contributed by atoms with E-state index in [-0.39, 0.29) is 5.91 Å². The number of hydrogen-bond donors (Lipinski definition) is 1. The van der Waals surface area contributed by atoms with E-state index >= 15 is 0 Å². The van der Waals surface area contributed by atoms with Gasteiger partial charge in [0.05, 0.1) is 7.11 Å². The highest BCUT2D eigenvalue weighted by atomic mass is 16.5. The van der Waals surface area contributed by atoms with Gasteiger partial charge in [0.1, 0.15) is 5.75 Å². The number of nitrogens with zero attached hydrogens (tertiary/aromatic N) is 1. The van der Waals surface area contributed by atoms with Gasteiger partial charge in [-0.25, -0.2) is 0 Å². The van der Waals surface area contributed by atoms with E-state index in [0.717, 1.165) is 57.0 Å². The Labute approximate surface area is 145 Å². The van der Waals surface area contributed by atoms with Gasteiger partial charge in [0.15, 0.2) is 0 Å². The van der Waals surface area contributed by atoms with Crippen LogP contribution in [0.3, 0.4) is 0 Å². The fraction of sp³-hybridized carbons (Fsp3) is 0.650. The van der Waals surface area contributed by atoms with Gasteiger partial charge in [0.2, 0.25) is 5.91 Å². The summed E-state index contributed by atoms with van der Waals surface area (Å²) in [6.07, 6.45) is 7.04. The molecule has 0 aromatic heterocycles. The van der Waals surface area contributed by atoms with Crippen LogP contribution in [-0.4, -0.2) is 43.6 Å². The molecule has 1 saturated heterocycles. The van der Waals surface area contributed by atoms with Crippen LogP contribution in [0.25, 0.3) is 0 Å². The molecule has 24 heavy (non-hydrogen) atoms. The van der Waals surface area contributed by atoms with Crippen molar-refractivity contribution in [2.75, 3.05) is 26.7 Å². The molecular weight excluding hydrogens is 300 g/mol. The molecule has 1 aromatic rings. The summed E-state index contributed by atoms with van der Waals surface area (Å²) in [6, 6.07) is 7.07. The lowest BCUT2D eigenvalue weighted by atomic mass is 9.87. The van der Waals surface area contributed by atoms with Gasteiger partial charge in [0.25, 0.3) is 0 Å². The third-order valence-corrected chi connectivity index (χ3v) is 5.69. The van der Waals surface area contributed by atoms with E-state index < -0.39 is 0 Å². The van der Waals surface area contributed by atoms with Crippen LogP contribution in [0.5, 0.6) is 5.75 Å². The maximum absolute atomic E-state index is 11.4. The Morgan fingerprint density at radius 1 is 1.25 bits per heavy atom. The molecule has 0 spiro atoms. The summed E-state index contributed by atoms with van der Waals surface area (Å²) in [5.41, 5.74) is 2.92. The Hall–Kier alpha value is -1.55. The molecule has 0 bridgehead atoms. The Morgan fingerprint density at radius 3 is 2.75 bits per heavy atom. The summed E-state index contributed by atoms with van der Waals surface area (Å²) in [4.78, 5) is 13.4. The Bertz CT molecular complexity index is 565. The van der Waals surface area contributed by atoms with Gasteiger partial charge < -0.3 is 15.0 Å². The number of rotatable bonds is 5. The number of ether oxygens (including phenoxy) is 1. The number of fused-ring (bicyclic) bond motifs is 1. The number of nitrogens with one attached hydrogen (secondary N) is 1. The molecule has 4 heteroatoms. The summed E-state index contributed by atoms with van der Waals surface area (Å²) in [6.45, 7) is 4.65. The fourth-order valence-electron chi connectivity index (χ4n) is 4.06. The zero-order valence-electron chi connectivity index (χ0n) is 15.0. The summed E-state index contributed by atoms with van der Waals surface area (Å²) in [5.74, 6) is 1.96. The van der Waals surface area contributed by atoms with Crippen molar-refractivity contribution in [3.8, 4) is 5.75 Å². The van der Waals surface area contributed by atoms with Crippen LogP contribution >= 0.6 is 0 Å². The average Bonchev–Trinajstić information content (AvgIpc) is 2.61. The van der Waals surface area contributed by atoms with Crippen molar-refractivity contribution in [2.24, 2.45) is 5.92 Å². The molecule has 2 aliphatic rings. The minimum atomic E-state index is 0.225. The topological polar surface area (TPSA) is 41.6 Å². The predicted molar refractivity (Wildman–Crippen MR) is 96.4 cm³/mol. The van der Waals surface area contributed by atoms with E-state index in [1.54, 1.807) is 14.0 Å². The van der Waals surface area contributed by atoms with Crippen molar-refractivity contribution in [3.05, 3.63) is 29.3 Å². The number of carbonyl (C=O) groups is 1. The van der Waals surface area contributed by atoms with Gasteiger partial charge in [-0.15, -0.1) is 0 Å². The maximum atomic E-state index is 11.4. The molecule has 1 aromatic carbocycles. The highest BCUT2D eigenvalue weighted by molar-refractivity contribution is 5.73. The third kappa shape index (κ3) is 4.29. The van der Waals surface area contributed by atoms with Gasteiger partial charge in [-0.2, -0.15) is 0 Å². The standard InChI is InChI=1S/C20H30N2O2/c1-15(23)22-11-8-16(9-12-22)7-10-21-19-5-3-17-4-6-20(24-2)14-18(17)13-19/h4,6,14,16,19,21H,3,5,7-13H2,1-2H3. The zero-order chi connectivity index (χ0) is 16.9. The fourth-order valence-corrected chi connectivity index (χ4v) is 4.06. The summed E-state index contributed by atoms with van der Waals surface area (Å²) in [5, 5.41) is 3.76. The Morgan fingerprint density at radius 2 is 2.04 bits per heavy atom. The highest BCUT2D eigenvalue weighted by Crippen LogP contribution is 2.26. The number of benzene rings is 1. The van der Waals surface area contributed by atoms with Crippen LogP contribution in [0.1, 0.15) is 43.7 Å². The van der Waals surface area contributed by atoms with Crippen LogP contribution in [0.15, 0.2) is 18.2 Å². The first-order valence-electron chi connectivity index (χ1n) is 9.30. The normalized spacial score (nSPS) is 21.4. The number of likely N-dealkylation sites (tertiary alicyclic amines) is 1. The summed E-state index contributed by atoms with van der Waals surface area (Å²) < 4.78 is 5.35. The van der Waals surface area contributed by atoms with Crippen LogP contribution < -0.4 is 10.1 Å². The molecule has 1 aliphatic carbocycles. The van der Waals surface area contributed by atoms with Crippen molar-refractivity contribution in [3.63, 3.8) is 0 Å². The minimum absolute atomic E-state index is 0.225.